The zero-order valence-electron chi connectivity index (χ0n) is 18.2. The van der Waals surface area contributed by atoms with Crippen molar-refractivity contribution in [3.05, 3.63) is 87.7 Å². The highest BCUT2D eigenvalue weighted by Crippen LogP contribution is 2.26. The number of nitriles is 1. The molecule has 1 aromatic heterocycles. The lowest BCUT2D eigenvalue weighted by molar-refractivity contribution is -0.112. The largest absolute Gasteiger partial charge is 0.321 e. The van der Waals surface area contributed by atoms with E-state index >= 15 is 0 Å². The van der Waals surface area contributed by atoms with Crippen molar-refractivity contribution in [3.8, 4) is 11.8 Å². The van der Waals surface area contributed by atoms with Gasteiger partial charge in [-0.15, -0.1) is 0 Å². The lowest BCUT2D eigenvalue weighted by Crippen LogP contribution is -2.14. The molecule has 0 unspecified atom stereocenters. The van der Waals surface area contributed by atoms with Gasteiger partial charge in [0.05, 0.1) is 0 Å². The summed E-state index contributed by atoms with van der Waals surface area (Å²) in [7, 11) is 0. The molecule has 1 amide bonds. The third kappa shape index (κ3) is 4.21. The van der Waals surface area contributed by atoms with Crippen LogP contribution in [-0.4, -0.2) is 10.5 Å². The van der Waals surface area contributed by atoms with Crippen molar-refractivity contribution in [2.75, 3.05) is 5.32 Å². The van der Waals surface area contributed by atoms with Crippen LogP contribution >= 0.6 is 0 Å². The van der Waals surface area contributed by atoms with Crippen LogP contribution in [0.1, 0.15) is 40.6 Å². The number of aromatic nitrogens is 1. The Morgan fingerprint density at radius 2 is 1.83 bits per heavy atom. The van der Waals surface area contributed by atoms with E-state index in [4.69, 9.17) is 0 Å². The molecule has 3 aromatic rings. The number of hydrogen-bond acceptors (Lipinski definition) is 2. The van der Waals surface area contributed by atoms with E-state index < -0.39 is 5.91 Å². The van der Waals surface area contributed by atoms with E-state index in [0.29, 0.717) is 5.69 Å². The highest BCUT2D eigenvalue weighted by molar-refractivity contribution is 6.10. The third-order valence-electron chi connectivity index (χ3n) is 5.38. The molecule has 0 saturated heterocycles. The van der Waals surface area contributed by atoms with Gasteiger partial charge in [-0.25, -0.2) is 0 Å². The van der Waals surface area contributed by atoms with E-state index in [1.54, 1.807) is 6.08 Å². The molecule has 0 radical (unpaired) electrons. The van der Waals surface area contributed by atoms with Gasteiger partial charge in [-0.1, -0.05) is 42.8 Å². The Labute approximate surface area is 178 Å². The molecule has 0 aliphatic heterocycles. The lowest BCUT2D eigenvalue weighted by Gasteiger charge is -2.14. The fraction of sp³-hybridized carbons (Fsp3) is 0.231. The molecular weight excluding hydrogens is 370 g/mol. The number of anilines is 1. The number of carbonyl (C=O) groups excluding carboxylic acids is 1. The van der Waals surface area contributed by atoms with Crippen molar-refractivity contribution < 1.29 is 4.79 Å². The van der Waals surface area contributed by atoms with Crippen molar-refractivity contribution >= 4 is 17.7 Å². The first-order valence-electron chi connectivity index (χ1n) is 10.1. The fourth-order valence-corrected chi connectivity index (χ4v) is 3.78. The first-order chi connectivity index (χ1) is 14.3. The second kappa shape index (κ2) is 8.84. The molecule has 0 atom stereocenters. The molecule has 4 heteroatoms. The second-order valence-corrected chi connectivity index (χ2v) is 7.59. The van der Waals surface area contributed by atoms with Crippen molar-refractivity contribution in [2.45, 2.75) is 41.0 Å². The normalized spacial score (nSPS) is 11.3. The molecule has 4 nitrogen and oxygen atoms in total. The van der Waals surface area contributed by atoms with Gasteiger partial charge in [-0.2, -0.15) is 5.26 Å². The van der Waals surface area contributed by atoms with Gasteiger partial charge in [-0.05, 0) is 75.1 Å². The lowest BCUT2D eigenvalue weighted by atomic mass is 10.1. The molecule has 0 aliphatic rings. The topological polar surface area (TPSA) is 57.8 Å². The van der Waals surface area contributed by atoms with Gasteiger partial charge in [-0.3, -0.25) is 4.79 Å². The summed E-state index contributed by atoms with van der Waals surface area (Å²) < 4.78 is 2.18. The molecular formula is C26H27N3O. The molecule has 0 bridgehead atoms. The number of carbonyl (C=O) groups is 1. The molecule has 30 heavy (non-hydrogen) atoms. The van der Waals surface area contributed by atoms with E-state index in [2.05, 4.69) is 35.0 Å². The van der Waals surface area contributed by atoms with Crippen molar-refractivity contribution in [2.24, 2.45) is 0 Å². The van der Waals surface area contributed by atoms with E-state index in [9.17, 15) is 10.1 Å². The summed E-state index contributed by atoms with van der Waals surface area (Å²) in [5, 5.41) is 12.5. The van der Waals surface area contributed by atoms with Crippen LogP contribution < -0.4 is 5.32 Å². The van der Waals surface area contributed by atoms with Gasteiger partial charge < -0.3 is 9.88 Å². The maximum atomic E-state index is 12.7. The fourth-order valence-electron chi connectivity index (χ4n) is 3.78. The summed E-state index contributed by atoms with van der Waals surface area (Å²) in [6.45, 7) is 10.1. The summed E-state index contributed by atoms with van der Waals surface area (Å²) in [6, 6.07) is 18.2. The summed E-state index contributed by atoms with van der Waals surface area (Å²) >= 11 is 0. The summed E-state index contributed by atoms with van der Waals surface area (Å²) in [5.74, 6) is -0.400. The predicted molar refractivity (Wildman–Crippen MR) is 123 cm³/mol. The first-order valence-corrected chi connectivity index (χ1v) is 10.1. The number of hydrogen-bond donors (Lipinski definition) is 1. The van der Waals surface area contributed by atoms with Crippen LogP contribution in [0.4, 0.5) is 5.69 Å². The van der Waals surface area contributed by atoms with E-state index in [1.165, 1.54) is 5.56 Å². The zero-order chi connectivity index (χ0) is 21.8. The number of rotatable bonds is 5. The maximum Gasteiger partial charge on any atom is 0.266 e. The minimum Gasteiger partial charge on any atom is -0.321 e. The molecule has 0 fully saturated rings. The highest BCUT2D eigenvalue weighted by Gasteiger charge is 2.15. The van der Waals surface area contributed by atoms with Crippen LogP contribution in [0.3, 0.4) is 0 Å². The van der Waals surface area contributed by atoms with Gasteiger partial charge in [0.2, 0.25) is 0 Å². The van der Waals surface area contributed by atoms with Crippen LogP contribution in [0, 0.1) is 39.0 Å². The van der Waals surface area contributed by atoms with Gasteiger partial charge >= 0.3 is 0 Å². The van der Waals surface area contributed by atoms with E-state index in [1.807, 2.05) is 64.1 Å². The van der Waals surface area contributed by atoms with E-state index in [0.717, 1.165) is 40.2 Å². The van der Waals surface area contributed by atoms with Crippen molar-refractivity contribution in [1.29, 1.82) is 5.26 Å². The number of aryl methyl sites for hydroxylation is 4. The Hall–Kier alpha value is -3.58. The van der Waals surface area contributed by atoms with Crippen molar-refractivity contribution in [1.82, 2.24) is 4.57 Å². The average Bonchev–Trinajstić information content (AvgIpc) is 3.00. The van der Waals surface area contributed by atoms with Gasteiger partial charge in [0.1, 0.15) is 11.6 Å². The SMILES string of the molecule is CCc1ccccc1-n1c(C)cc(/C=C(/C#N)C(=O)Nc2ccc(C)cc2C)c1C. The Kier molecular flexibility index (Phi) is 6.23. The van der Waals surface area contributed by atoms with Crippen LogP contribution in [0.5, 0.6) is 0 Å². The number of amides is 1. The van der Waals surface area contributed by atoms with E-state index in [-0.39, 0.29) is 5.57 Å². The summed E-state index contributed by atoms with van der Waals surface area (Å²) in [4.78, 5) is 12.7. The smallest absolute Gasteiger partial charge is 0.266 e. The number of nitrogens with one attached hydrogen (secondary N) is 1. The van der Waals surface area contributed by atoms with Crippen LogP contribution in [0.25, 0.3) is 11.8 Å². The van der Waals surface area contributed by atoms with Crippen LogP contribution in [0.2, 0.25) is 0 Å². The molecule has 3 rings (SSSR count). The van der Waals surface area contributed by atoms with Gasteiger partial charge in [0.25, 0.3) is 5.91 Å². The van der Waals surface area contributed by atoms with Crippen molar-refractivity contribution in [3.63, 3.8) is 0 Å². The standard InChI is InChI=1S/C26H27N3O/c1-6-21-9-7-8-10-25(21)29-19(4)14-22(20(29)5)15-23(16-27)26(30)28-24-12-11-17(2)13-18(24)3/h7-15H,6H2,1-5H3,(H,28,30)/b23-15-. The predicted octanol–water partition coefficient (Wildman–Crippen LogP) is 5.82. The Bertz CT molecular complexity index is 1180. The molecule has 1 heterocycles. The average molecular weight is 398 g/mol. The zero-order valence-corrected chi connectivity index (χ0v) is 18.2. The Balaban J connectivity index is 1.97. The second-order valence-electron chi connectivity index (χ2n) is 7.59. The highest BCUT2D eigenvalue weighted by atomic mass is 16.1. The van der Waals surface area contributed by atoms with Crippen LogP contribution in [-0.2, 0) is 11.2 Å². The Morgan fingerprint density at radius 1 is 1.10 bits per heavy atom. The molecule has 0 aliphatic carbocycles. The molecule has 0 saturated carbocycles. The number of nitrogens with zero attached hydrogens (tertiary/aromatic N) is 2. The Morgan fingerprint density at radius 3 is 2.50 bits per heavy atom. The van der Waals surface area contributed by atoms with Crippen LogP contribution in [0.15, 0.2) is 54.1 Å². The minimum atomic E-state index is -0.400. The number of benzene rings is 2. The number of para-hydroxylation sites is 1. The third-order valence-corrected chi connectivity index (χ3v) is 5.38. The molecule has 1 N–H and O–H groups in total. The summed E-state index contributed by atoms with van der Waals surface area (Å²) in [5.41, 5.74) is 8.21. The minimum absolute atomic E-state index is 0.0824. The molecule has 2 aromatic carbocycles. The van der Waals surface area contributed by atoms with Gasteiger partial charge in [0.15, 0.2) is 0 Å². The van der Waals surface area contributed by atoms with Gasteiger partial charge in [0, 0.05) is 22.8 Å². The molecule has 152 valence electrons. The molecule has 0 spiro atoms. The summed E-state index contributed by atoms with van der Waals surface area (Å²) in [6.07, 6.45) is 2.60. The first kappa shape index (κ1) is 21.1. The quantitative estimate of drug-likeness (QED) is 0.436. The maximum absolute atomic E-state index is 12.7. The monoisotopic (exact) mass is 397 g/mol.